The smallest absolute Gasteiger partial charge is 0.251 e. The van der Waals surface area contributed by atoms with Gasteiger partial charge in [0, 0.05) is 38.3 Å². The maximum absolute atomic E-state index is 12.8. The van der Waals surface area contributed by atoms with Crippen LogP contribution in [0.4, 0.5) is 0 Å². The maximum Gasteiger partial charge on any atom is 0.251 e. The zero-order chi connectivity index (χ0) is 20.9. The number of piperidine rings is 1. The Morgan fingerprint density at radius 2 is 1.86 bits per heavy atom. The highest BCUT2D eigenvalue weighted by Crippen LogP contribution is 2.21. The fourth-order valence-electron chi connectivity index (χ4n) is 4.32. The van der Waals surface area contributed by atoms with Gasteiger partial charge in [0.1, 0.15) is 0 Å². The molecule has 2 fully saturated rings. The summed E-state index contributed by atoms with van der Waals surface area (Å²) >= 11 is 0. The van der Waals surface area contributed by atoms with Gasteiger partial charge in [-0.05, 0) is 49.4 Å². The minimum Gasteiger partial charge on any atom is -0.379 e. The predicted octanol–water partition coefficient (Wildman–Crippen LogP) is 1.81. The first-order chi connectivity index (χ1) is 13.9. The van der Waals surface area contributed by atoms with Crippen LogP contribution in [-0.2, 0) is 14.8 Å². The van der Waals surface area contributed by atoms with Crippen molar-refractivity contribution in [3.8, 4) is 0 Å². The molecule has 0 aliphatic carbocycles. The highest BCUT2D eigenvalue weighted by Gasteiger charge is 2.27. The van der Waals surface area contributed by atoms with Crippen LogP contribution in [0.3, 0.4) is 0 Å². The average molecular weight is 424 g/mol. The number of ether oxygens (including phenoxy) is 1. The molecule has 0 spiro atoms. The number of rotatable bonds is 7. The van der Waals surface area contributed by atoms with Crippen LogP contribution in [0.2, 0.25) is 0 Å². The summed E-state index contributed by atoms with van der Waals surface area (Å²) in [7, 11) is -3.60. The van der Waals surface area contributed by atoms with E-state index in [2.05, 4.69) is 24.1 Å². The summed E-state index contributed by atoms with van der Waals surface area (Å²) < 4.78 is 32.2. The summed E-state index contributed by atoms with van der Waals surface area (Å²) in [5, 5.41) is 2.93. The molecule has 7 nitrogen and oxygen atoms in total. The first-order valence-corrected chi connectivity index (χ1v) is 12.0. The van der Waals surface area contributed by atoms with Crippen LogP contribution in [0, 0.1) is 11.8 Å². The lowest BCUT2D eigenvalue weighted by Crippen LogP contribution is -2.40. The second-order valence-corrected chi connectivity index (χ2v) is 10.3. The van der Waals surface area contributed by atoms with Gasteiger partial charge in [0.2, 0.25) is 10.0 Å². The van der Waals surface area contributed by atoms with E-state index in [-0.39, 0.29) is 10.8 Å². The average Bonchev–Trinajstić information content (AvgIpc) is 2.71. The van der Waals surface area contributed by atoms with E-state index in [4.69, 9.17) is 4.74 Å². The molecule has 1 amide bonds. The van der Waals surface area contributed by atoms with E-state index in [0.717, 1.165) is 37.9 Å². The Labute approximate surface area is 174 Å². The first-order valence-electron chi connectivity index (χ1n) is 10.5. The molecule has 0 saturated carbocycles. The van der Waals surface area contributed by atoms with Crippen molar-refractivity contribution < 1.29 is 17.9 Å². The Morgan fingerprint density at radius 1 is 1.17 bits per heavy atom. The van der Waals surface area contributed by atoms with Crippen LogP contribution in [0.15, 0.2) is 29.2 Å². The number of nitrogens with zero attached hydrogens (tertiary/aromatic N) is 2. The monoisotopic (exact) mass is 423 g/mol. The Bertz CT molecular complexity index is 783. The van der Waals surface area contributed by atoms with E-state index in [1.54, 1.807) is 18.2 Å². The highest BCUT2D eigenvalue weighted by atomic mass is 32.2. The van der Waals surface area contributed by atoms with E-state index in [1.165, 1.54) is 16.8 Å². The molecule has 1 aromatic rings. The van der Waals surface area contributed by atoms with Crippen molar-refractivity contribution in [2.45, 2.75) is 31.6 Å². The van der Waals surface area contributed by atoms with Gasteiger partial charge in [-0.25, -0.2) is 8.42 Å². The van der Waals surface area contributed by atoms with E-state index in [9.17, 15) is 13.2 Å². The number of morpholine rings is 1. The number of likely N-dealkylation sites (tertiary alicyclic amines) is 1. The van der Waals surface area contributed by atoms with E-state index in [1.807, 2.05) is 0 Å². The molecule has 1 aromatic carbocycles. The molecule has 0 bridgehead atoms. The van der Waals surface area contributed by atoms with Crippen molar-refractivity contribution in [2.75, 3.05) is 52.5 Å². The van der Waals surface area contributed by atoms with Crippen LogP contribution in [0.25, 0.3) is 0 Å². The van der Waals surface area contributed by atoms with Crippen molar-refractivity contribution in [3.05, 3.63) is 29.8 Å². The molecule has 2 unspecified atom stereocenters. The Morgan fingerprint density at radius 3 is 2.55 bits per heavy atom. The molecular formula is C21H33N3O4S. The van der Waals surface area contributed by atoms with Crippen LogP contribution in [0.5, 0.6) is 0 Å². The molecule has 0 aromatic heterocycles. The van der Waals surface area contributed by atoms with Crippen molar-refractivity contribution in [2.24, 2.45) is 11.8 Å². The number of hydrogen-bond acceptors (Lipinski definition) is 5. The molecular weight excluding hydrogens is 390 g/mol. The van der Waals surface area contributed by atoms with Gasteiger partial charge in [-0.1, -0.05) is 19.9 Å². The van der Waals surface area contributed by atoms with Gasteiger partial charge in [0.15, 0.2) is 0 Å². The molecule has 8 heteroatoms. The summed E-state index contributed by atoms with van der Waals surface area (Å²) in [6.07, 6.45) is 2.17. The fraction of sp³-hybridized carbons (Fsp3) is 0.667. The highest BCUT2D eigenvalue weighted by molar-refractivity contribution is 7.89. The van der Waals surface area contributed by atoms with Crippen molar-refractivity contribution >= 4 is 15.9 Å². The van der Waals surface area contributed by atoms with Crippen LogP contribution in [0.1, 0.15) is 37.0 Å². The van der Waals surface area contributed by atoms with Gasteiger partial charge in [-0.3, -0.25) is 4.79 Å². The Balaban J connectivity index is 1.51. The molecule has 2 aliphatic rings. The second-order valence-electron chi connectivity index (χ2n) is 8.36. The molecule has 0 radical (unpaired) electrons. The largest absolute Gasteiger partial charge is 0.379 e. The van der Waals surface area contributed by atoms with E-state index in [0.29, 0.717) is 38.4 Å². The molecule has 1 N–H and O–H groups in total. The number of carbonyl (C=O) groups excluding carboxylic acids is 1. The SMILES string of the molecule is CC1CC(C)CN(CCCNC(=O)c2cccc(S(=O)(=O)N3CCOCC3)c2)C1. The van der Waals surface area contributed by atoms with Gasteiger partial charge in [-0.2, -0.15) is 4.31 Å². The number of nitrogens with one attached hydrogen (secondary N) is 1. The number of benzene rings is 1. The zero-order valence-electron chi connectivity index (χ0n) is 17.5. The lowest BCUT2D eigenvalue weighted by atomic mass is 9.92. The van der Waals surface area contributed by atoms with E-state index >= 15 is 0 Å². The van der Waals surface area contributed by atoms with Gasteiger partial charge >= 0.3 is 0 Å². The quantitative estimate of drug-likeness (QED) is 0.677. The van der Waals surface area contributed by atoms with E-state index < -0.39 is 10.0 Å². The molecule has 29 heavy (non-hydrogen) atoms. The van der Waals surface area contributed by atoms with Crippen LogP contribution < -0.4 is 5.32 Å². The predicted molar refractivity (Wildman–Crippen MR) is 112 cm³/mol. The first kappa shape index (κ1) is 22.2. The lowest BCUT2D eigenvalue weighted by molar-refractivity contribution is 0.0730. The molecule has 162 valence electrons. The summed E-state index contributed by atoms with van der Waals surface area (Å²) in [5.41, 5.74) is 0.375. The van der Waals surface area contributed by atoms with Gasteiger partial charge in [0.25, 0.3) is 5.91 Å². The minimum atomic E-state index is -3.60. The lowest BCUT2D eigenvalue weighted by Gasteiger charge is -2.34. The molecule has 2 saturated heterocycles. The van der Waals surface area contributed by atoms with Gasteiger partial charge in [-0.15, -0.1) is 0 Å². The zero-order valence-corrected chi connectivity index (χ0v) is 18.3. The van der Waals surface area contributed by atoms with Crippen molar-refractivity contribution in [3.63, 3.8) is 0 Å². The summed E-state index contributed by atoms with van der Waals surface area (Å²) in [6, 6.07) is 6.29. The third kappa shape index (κ3) is 6.01. The summed E-state index contributed by atoms with van der Waals surface area (Å²) in [4.78, 5) is 15.1. The second kappa shape index (κ2) is 10.0. The van der Waals surface area contributed by atoms with Crippen molar-refractivity contribution in [1.29, 1.82) is 0 Å². The molecule has 3 rings (SSSR count). The van der Waals surface area contributed by atoms with Crippen molar-refractivity contribution in [1.82, 2.24) is 14.5 Å². The maximum atomic E-state index is 12.8. The normalized spacial score (nSPS) is 24.3. The Kier molecular flexibility index (Phi) is 7.67. The number of sulfonamides is 1. The molecule has 2 heterocycles. The Hall–Kier alpha value is -1.48. The number of carbonyl (C=O) groups is 1. The van der Waals surface area contributed by atoms with Crippen LogP contribution in [-0.4, -0.2) is 76.0 Å². The number of amides is 1. The number of hydrogen-bond donors (Lipinski definition) is 1. The van der Waals surface area contributed by atoms with Gasteiger partial charge in [0.05, 0.1) is 18.1 Å². The fourth-order valence-corrected chi connectivity index (χ4v) is 5.77. The third-order valence-corrected chi connectivity index (χ3v) is 7.48. The minimum absolute atomic E-state index is 0.156. The van der Waals surface area contributed by atoms with Gasteiger partial charge < -0.3 is 15.0 Å². The summed E-state index contributed by atoms with van der Waals surface area (Å²) in [5.74, 6) is 1.22. The standard InChI is InChI=1S/C21H33N3O4S/c1-17-13-18(2)16-23(15-17)8-4-7-22-21(25)19-5-3-6-20(14-19)29(26,27)24-9-11-28-12-10-24/h3,5-6,14,17-18H,4,7-13,15-16H2,1-2H3,(H,22,25). The van der Waals surface area contributed by atoms with Crippen LogP contribution >= 0.6 is 0 Å². The molecule has 2 aliphatic heterocycles. The molecule has 2 atom stereocenters. The summed E-state index contributed by atoms with van der Waals surface area (Å²) in [6.45, 7) is 9.87. The topological polar surface area (TPSA) is 79.0 Å². The third-order valence-electron chi connectivity index (χ3n) is 5.59.